The average molecular weight is 267 g/mol. The molecule has 0 aliphatic heterocycles. The monoisotopic (exact) mass is 267 g/mol. The van der Waals surface area contributed by atoms with Crippen molar-refractivity contribution in [1.82, 2.24) is 0 Å². The number of benzene rings is 1. The molecule has 0 spiro atoms. The predicted molar refractivity (Wildman–Crippen MR) is 76.2 cm³/mol. The summed E-state index contributed by atoms with van der Waals surface area (Å²) in [6.07, 6.45) is 1.69. The van der Waals surface area contributed by atoms with Gasteiger partial charge in [-0.15, -0.1) is 0 Å². The quantitative estimate of drug-likeness (QED) is 0.628. The molecule has 0 radical (unpaired) electrons. The molecule has 4 heteroatoms. The maximum absolute atomic E-state index is 9.73. The highest BCUT2D eigenvalue weighted by molar-refractivity contribution is 5.26. The normalized spacial score (nSPS) is 14.3. The van der Waals surface area contributed by atoms with Gasteiger partial charge in [-0.25, -0.2) is 0 Å². The maximum atomic E-state index is 9.73. The van der Waals surface area contributed by atoms with Crippen LogP contribution in [0.15, 0.2) is 30.3 Å². The first-order chi connectivity index (χ1) is 9.29. The van der Waals surface area contributed by atoms with Gasteiger partial charge in [0, 0.05) is 25.7 Å². The van der Waals surface area contributed by atoms with Crippen molar-refractivity contribution in [2.45, 2.75) is 18.3 Å². The van der Waals surface area contributed by atoms with Crippen molar-refractivity contribution in [3.8, 4) is 0 Å². The SMILES string of the molecule is COCCOCCCC(CN)(CO)c1ccccc1. The van der Waals surface area contributed by atoms with Crippen molar-refractivity contribution >= 4 is 0 Å². The van der Waals surface area contributed by atoms with Crippen LogP contribution in [0.25, 0.3) is 0 Å². The summed E-state index contributed by atoms with van der Waals surface area (Å²) in [7, 11) is 1.66. The molecule has 1 unspecified atom stereocenters. The zero-order chi connectivity index (χ0) is 14.0. The smallest absolute Gasteiger partial charge is 0.0700 e. The lowest BCUT2D eigenvalue weighted by molar-refractivity contribution is 0.0641. The van der Waals surface area contributed by atoms with E-state index < -0.39 is 0 Å². The van der Waals surface area contributed by atoms with Gasteiger partial charge in [-0.05, 0) is 18.4 Å². The summed E-state index contributed by atoms with van der Waals surface area (Å²) in [5.74, 6) is 0. The Hall–Kier alpha value is -0.940. The molecule has 0 aliphatic carbocycles. The van der Waals surface area contributed by atoms with Gasteiger partial charge in [0.15, 0.2) is 0 Å². The van der Waals surface area contributed by atoms with Gasteiger partial charge in [0.05, 0.1) is 19.8 Å². The van der Waals surface area contributed by atoms with Gasteiger partial charge in [-0.3, -0.25) is 0 Å². The molecule has 1 aromatic carbocycles. The van der Waals surface area contributed by atoms with Crippen molar-refractivity contribution in [1.29, 1.82) is 0 Å². The van der Waals surface area contributed by atoms with E-state index in [-0.39, 0.29) is 12.0 Å². The van der Waals surface area contributed by atoms with Crippen molar-refractivity contribution in [2.24, 2.45) is 5.73 Å². The van der Waals surface area contributed by atoms with E-state index in [0.29, 0.717) is 26.4 Å². The number of ether oxygens (including phenoxy) is 2. The van der Waals surface area contributed by atoms with E-state index in [1.807, 2.05) is 30.3 Å². The maximum Gasteiger partial charge on any atom is 0.0700 e. The van der Waals surface area contributed by atoms with Crippen LogP contribution in [0.3, 0.4) is 0 Å². The summed E-state index contributed by atoms with van der Waals surface area (Å²) in [5, 5.41) is 9.73. The van der Waals surface area contributed by atoms with E-state index in [1.54, 1.807) is 7.11 Å². The third kappa shape index (κ3) is 4.91. The second-order valence-corrected chi connectivity index (χ2v) is 4.72. The fraction of sp³-hybridized carbons (Fsp3) is 0.600. The third-order valence-corrected chi connectivity index (χ3v) is 3.46. The van der Waals surface area contributed by atoms with E-state index >= 15 is 0 Å². The Morgan fingerprint density at radius 3 is 2.47 bits per heavy atom. The summed E-state index contributed by atoms with van der Waals surface area (Å²) >= 11 is 0. The number of rotatable bonds is 10. The molecule has 19 heavy (non-hydrogen) atoms. The van der Waals surface area contributed by atoms with E-state index in [0.717, 1.165) is 18.4 Å². The van der Waals surface area contributed by atoms with Crippen LogP contribution in [0.2, 0.25) is 0 Å². The third-order valence-electron chi connectivity index (χ3n) is 3.46. The number of aliphatic hydroxyl groups is 1. The Bertz CT molecular complexity index is 325. The van der Waals surface area contributed by atoms with Gasteiger partial charge in [0.25, 0.3) is 0 Å². The highest BCUT2D eigenvalue weighted by Crippen LogP contribution is 2.27. The fourth-order valence-electron chi connectivity index (χ4n) is 2.15. The van der Waals surface area contributed by atoms with Gasteiger partial charge in [-0.2, -0.15) is 0 Å². The summed E-state index contributed by atoms with van der Waals surface area (Å²) in [4.78, 5) is 0. The molecule has 108 valence electrons. The molecule has 0 bridgehead atoms. The molecule has 0 fully saturated rings. The lowest BCUT2D eigenvalue weighted by Gasteiger charge is -2.31. The molecule has 0 aliphatic rings. The standard InChI is InChI=1S/C15H25NO3/c1-18-10-11-19-9-5-8-15(12-16,13-17)14-6-3-2-4-7-14/h2-4,6-7,17H,5,8-13,16H2,1H3. The number of nitrogens with two attached hydrogens (primary N) is 1. The van der Waals surface area contributed by atoms with Gasteiger partial charge >= 0.3 is 0 Å². The molecular weight excluding hydrogens is 242 g/mol. The van der Waals surface area contributed by atoms with Gasteiger partial charge in [0.2, 0.25) is 0 Å². The number of hydrogen-bond donors (Lipinski definition) is 2. The van der Waals surface area contributed by atoms with Crippen LogP contribution in [0.1, 0.15) is 18.4 Å². The molecule has 0 saturated carbocycles. The Morgan fingerprint density at radius 2 is 1.89 bits per heavy atom. The summed E-state index contributed by atoms with van der Waals surface area (Å²) in [5.41, 5.74) is 6.63. The lowest BCUT2D eigenvalue weighted by Crippen LogP contribution is -2.39. The molecule has 1 aromatic rings. The van der Waals surface area contributed by atoms with E-state index in [9.17, 15) is 5.11 Å². The van der Waals surface area contributed by atoms with Crippen LogP contribution >= 0.6 is 0 Å². The zero-order valence-corrected chi connectivity index (χ0v) is 11.7. The number of methoxy groups -OCH3 is 1. The Kier molecular flexibility index (Phi) is 7.67. The second kappa shape index (κ2) is 9.04. The van der Waals surface area contributed by atoms with Crippen LogP contribution in [0.4, 0.5) is 0 Å². The second-order valence-electron chi connectivity index (χ2n) is 4.72. The predicted octanol–water partition coefficient (Wildman–Crippen LogP) is 1.32. The molecule has 1 rings (SSSR count). The highest BCUT2D eigenvalue weighted by Gasteiger charge is 2.29. The molecule has 0 saturated heterocycles. The summed E-state index contributed by atoms with van der Waals surface area (Å²) < 4.78 is 10.4. The van der Waals surface area contributed by atoms with E-state index in [1.165, 1.54) is 0 Å². The minimum Gasteiger partial charge on any atom is -0.395 e. The van der Waals surface area contributed by atoms with Crippen molar-refractivity contribution < 1.29 is 14.6 Å². The minimum absolute atomic E-state index is 0.0611. The molecule has 0 heterocycles. The zero-order valence-electron chi connectivity index (χ0n) is 11.7. The number of aliphatic hydroxyl groups excluding tert-OH is 1. The largest absolute Gasteiger partial charge is 0.395 e. The van der Waals surface area contributed by atoms with Gasteiger partial charge in [-0.1, -0.05) is 30.3 Å². The lowest BCUT2D eigenvalue weighted by atomic mass is 9.77. The highest BCUT2D eigenvalue weighted by atomic mass is 16.5. The molecule has 0 amide bonds. The van der Waals surface area contributed by atoms with Gasteiger partial charge in [0.1, 0.15) is 0 Å². The first-order valence-electron chi connectivity index (χ1n) is 6.72. The first-order valence-corrected chi connectivity index (χ1v) is 6.72. The average Bonchev–Trinajstić information content (AvgIpc) is 2.48. The molecule has 1 atom stereocenters. The van der Waals surface area contributed by atoms with Crippen molar-refractivity contribution in [3.05, 3.63) is 35.9 Å². The van der Waals surface area contributed by atoms with Crippen LogP contribution < -0.4 is 5.73 Å². The van der Waals surface area contributed by atoms with Crippen molar-refractivity contribution in [3.63, 3.8) is 0 Å². The van der Waals surface area contributed by atoms with E-state index in [4.69, 9.17) is 15.2 Å². The Balaban J connectivity index is 2.48. The first kappa shape index (κ1) is 16.1. The fourth-order valence-corrected chi connectivity index (χ4v) is 2.15. The van der Waals surface area contributed by atoms with E-state index in [2.05, 4.69) is 0 Å². The summed E-state index contributed by atoms with van der Waals surface area (Å²) in [6.45, 7) is 2.38. The molecule has 3 N–H and O–H groups in total. The summed E-state index contributed by atoms with van der Waals surface area (Å²) in [6, 6.07) is 9.97. The molecule has 4 nitrogen and oxygen atoms in total. The van der Waals surface area contributed by atoms with Gasteiger partial charge < -0.3 is 20.3 Å². The van der Waals surface area contributed by atoms with Crippen LogP contribution in [-0.4, -0.2) is 45.2 Å². The van der Waals surface area contributed by atoms with Crippen LogP contribution in [0, 0.1) is 0 Å². The minimum atomic E-state index is -0.355. The topological polar surface area (TPSA) is 64.7 Å². The Labute approximate surface area is 115 Å². The van der Waals surface area contributed by atoms with Crippen LogP contribution in [-0.2, 0) is 14.9 Å². The number of hydrogen-bond acceptors (Lipinski definition) is 4. The van der Waals surface area contributed by atoms with Crippen LogP contribution in [0.5, 0.6) is 0 Å². The molecular formula is C15H25NO3. The Morgan fingerprint density at radius 1 is 1.16 bits per heavy atom. The van der Waals surface area contributed by atoms with Crippen molar-refractivity contribution in [2.75, 3.05) is 40.1 Å². The molecule has 0 aromatic heterocycles.